The van der Waals surface area contributed by atoms with Crippen LogP contribution in [0.15, 0.2) is 20.7 Å². The van der Waals surface area contributed by atoms with Crippen molar-refractivity contribution in [1.82, 2.24) is 19.7 Å². The summed E-state index contributed by atoms with van der Waals surface area (Å²) in [5.74, 6) is 1.01. The molecule has 3 heterocycles. The first-order valence-electron chi connectivity index (χ1n) is 5.94. The van der Waals surface area contributed by atoms with Crippen LogP contribution in [0.1, 0.15) is 16.7 Å². The van der Waals surface area contributed by atoms with Crippen molar-refractivity contribution in [2.75, 3.05) is 13.1 Å². The molecule has 0 radical (unpaired) electrons. The van der Waals surface area contributed by atoms with Crippen LogP contribution in [0.2, 0.25) is 0 Å². The van der Waals surface area contributed by atoms with Gasteiger partial charge in [0, 0.05) is 29.0 Å². The van der Waals surface area contributed by atoms with E-state index in [9.17, 15) is 0 Å². The van der Waals surface area contributed by atoms with E-state index in [0.29, 0.717) is 6.54 Å². The maximum atomic E-state index is 5.98. The van der Waals surface area contributed by atoms with Gasteiger partial charge in [-0.1, -0.05) is 0 Å². The van der Waals surface area contributed by atoms with Crippen molar-refractivity contribution >= 4 is 43.2 Å². The zero-order chi connectivity index (χ0) is 13.4. The lowest BCUT2D eigenvalue weighted by atomic mass is 10.2. The average molecular weight is 407 g/mol. The highest BCUT2D eigenvalue weighted by Gasteiger charge is 2.26. The Kier molecular flexibility index (Phi) is 4.04. The van der Waals surface area contributed by atoms with E-state index in [1.54, 1.807) is 17.7 Å². The fourth-order valence-electron chi connectivity index (χ4n) is 2.32. The summed E-state index contributed by atoms with van der Waals surface area (Å²) < 4.78 is 4.30. The summed E-state index contributed by atoms with van der Waals surface area (Å²) in [7, 11) is 0. The molecule has 1 atom stereocenters. The van der Waals surface area contributed by atoms with Gasteiger partial charge in [-0.3, -0.25) is 4.90 Å². The maximum absolute atomic E-state index is 5.98. The lowest BCUT2D eigenvalue weighted by molar-refractivity contribution is 0.158. The number of hydrogen-bond acceptors (Lipinski definition) is 5. The summed E-state index contributed by atoms with van der Waals surface area (Å²) in [6.45, 7) is 3.30. The highest BCUT2D eigenvalue weighted by molar-refractivity contribution is 9.13. The van der Waals surface area contributed by atoms with Gasteiger partial charge in [0.1, 0.15) is 12.2 Å². The van der Waals surface area contributed by atoms with E-state index in [0.717, 1.165) is 33.7 Å². The van der Waals surface area contributed by atoms with Gasteiger partial charge in [-0.2, -0.15) is 0 Å². The Labute approximate surface area is 132 Å². The Bertz CT molecular complexity index is 562. The lowest BCUT2D eigenvalue weighted by Crippen LogP contribution is -2.39. The van der Waals surface area contributed by atoms with Crippen molar-refractivity contribution in [2.45, 2.75) is 19.1 Å². The van der Waals surface area contributed by atoms with E-state index in [1.165, 1.54) is 4.88 Å². The van der Waals surface area contributed by atoms with Gasteiger partial charge in [-0.25, -0.2) is 0 Å². The molecule has 1 aliphatic rings. The molecular formula is C11H13Br2N5S. The Morgan fingerprint density at radius 3 is 2.95 bits per heavy atom. The Morgan fingerprint density at radius 2 is 2.26 bits per heavy atom. The average Bonchev–Trinajstić information content (AvgIpc) is 2.98. The Balaban J connectivity index is 1.84. The Hall–Kier alpha value is -0.280. The molecule has 1 unspecified atom stereocenters. The monoisotopic (exact) mass is 405 g/mol. The quantitative estimate of drug-likeness (QED) is 0.849. The predicted octanol–water partition coefficient (Wildman–Crippen LogP) is 2.38. The molecule has 0 aliphatic carbocycles. The van der Waals surface area contributed by atoms with Crippen LogP contribution < -0.4 is 5.73 Å². The molecule has 3 rings (SSSR count). The number of fused-ring (bicyclic) bond motifs is 1. The van der Waals surface area contributed by atoms with Crippen LogP contribution in [-0.2, 0) is 13.1 Å². The highest BCUT2D eigenvalue weighted by atomic mass is 79.9. The molecule has 1 aliphatic heterocycles. The van der Waals surface area contributed by atoms with Crippen LogP contribution in [0.5, 0.6) is 0 Å². The molecule has 5 nitrogen and oxygen atoms in total. The Morgan fingerprint density at radius 1 is 1.42 bits per heavy atom. The third kappa shape index (κ3) is 2.64. The summed E-state index contributed by atoms with van der Waals surface area (Å²) in [5.41, 5.74) is 5.98. The molecule has 2 aromatic rings. The number of aromatic nitrogens is 3. The smallest absolute Gasteiger partial charge is 0.147 e. The molecule has 2 aromatic heterocycles. The molecule has 0 saturated heterocycles. The molecular weight excluding hydrogens is 394 g/mol. The first kappa shape index (κ1) is 13.7. The standard InChI is InChI=1S/C11H13Br2N5S/c12-7-3-9(19-11(7)13)8(4-14)17-1-2-18-6-15-16-10(18)5-17/h3,6,8H,1-2,4-5,14H2. The van der Waals surface area contributed by atoms with Crippen LogP contribution in [0.25, 0.3) is 0 Å². The lowest BCUT2D eigenvalue weighted by Gasteiger charge is -2.33. The van der Waals surface area contributed by atoms with Gasteiger partial charge >= 0.3 is 0 Å². The summed E-state index contributed by atoms with van der Waals surface area (Å²) in [5, 5.41) is 8.11. The van der Waals surface area contributed by atoms with Gasteiger partial charge in [0.05, 0.1) is 16.4 Å². The van der Waals surface area contributed by atoms with E-state index in [-0.39, 0.29) is 6.04 Å². The molecule has 19 heavy (non-hydrogen) atoms. The predicted molar refractivity (Wildman–Crippen MR) is 81.9 cm³/mol. The molecule has 0 spiro atoms. The summed E-state index contributed by atoms with van der Waals surface area (Å²) >= 11 is 8.81. The van der Waals surface area contributed by atoms with Crippen LogP contribution in [0.4, 0.5) is 0 Å². The van der Waals surface area contributed by atoms with Gasteiger partial charge in [0.2, 0.25) is 0 Å². The summed E-state index contributed by atoms with van der Waals surface area (Å²) in [4.78, 5) is 3.64. The maximum Gasteiger partial charge on any atom is 0.147 e. The second-order valence-corrected chi connectivity index (χ2v) is 7.69. The molecule has 0 amide bonds. The van der Waals surface area contributed by atoms with Crippen molar-refractivity contribution in [3.63, 3.8) is 0 Å². The number of halogens is 2. The van der Waals surface area contributed by atoms with E-state index >= 15 is 0 Å². The number of hydrogen-bond donors (Lipinski definition) is 1. The van der Waals surface area contributed by atoms with Gasteiger partial charge in [-0.05, 0) is 37.9 Å². The minimum absolute atomic E-state index is 0.234. The normalized spacial score (nSPS) is 17.4. The van der Waals surface area contributed by atoms with E-state index < -0.39 is 0 Å². The first-order valence-corrected chi connectivity index (χ1v) is 8.35. The third-order valence-corrected chi connectivity index (χ3v) is 6.68. The topological polar surface area (TPSA) is 60.0 Å². The second-order valence-electron chi connectivity index (χ2n) is 4.43. The number of nitrogens with zero attached hydrogens (tertiary/aromatic N) is 4. The summed E-state index contributed by atoms with van der Waals surface area (Å²) in [6, 6.07) is 2.38. The van der Waals surface area contributed by atoms with Gasteiger partial charge < -0.3 is 10.3 Å². The second kappa shape index (κ2) is 5.61. The van der Waals surface area contributed by atoms with Crippen LogP contribution in [-0.4, -0.2) is 32.8 Å². The fraction of sp³-hybridized carbons (Fsp3) is 0.455. The van der Waals surface area contributed by atoms with Gasteiger partial charge in [0.25, 0.3) is 0 Å². The van der Waals surface area contributed by atoms with E-state index in [2.05, 4.69) is 57.6 Å². The molecule has 0 bridgehead atoms. The van der Waals surface area contributed by atoms with Crippen LogP contribution in [0, 0.1) is 0 Å². The molecule has 102 valence electrons. The minimum atomic E-state index is 0.234. The number of rotatable bonds is 3. The zero-order valence-corrected chi connectivity index (χ0v) is 14.1. The summed E-state index contributed by atoms with van der Waals surface area (Å²) in [6.07, 6.45) is 1.79. The molecule has 2 N–H and O–H groups in total. The van der Waals surface area contributed by atoms with E-state index in [4.69, 9.17) is 5.73 Å². The highest BCUT2D eigenvalue weighted by Crippen LogP contribution is 2.37. The first-order chi connectivity index (χ1) is 9.19. The molecule has 0 fully saturated rings. The molecule has 0 saturated carbocycles. The van der Waals surface area contributed by atoms with E-state index in [1.807, 2.05) is 0 Å². The van der Waals surface area contributed by atoms with Gasteiger partial charge in [-0.15, -0.1) is 21.5 Å². The fourth-order valence-corrected chi connectivity index (χ4v) is 4.56. The number of nitrogens with two attached hydrogens (primary N) is 1. The third-order valence-electron chi connectivity index (χ3n) is 3.33. The largest absolute Gasteiger partial charge is 0.329 e. The SMILES string of the molecule is NCC(c1cc(Br)c(Br)s1)N1CCn2cnnc2C1. The molecule has 0 aromatic carbocycles. The van der Waals surface area contributed by atoms with Crippen LogP contribution >= 0.6 is 43.2 Å². The number of thiophene rings is 1. The van der Waals surface area contributed by atoms with Crippen molar-refractivity contribution in [3.05, 3.63) is 31.4 Å². The molecule has 8 heteroatoms. The van der Waals surface area contributed by atoms with Crippen molar-refractivity contribution in [1.29, 1.82) is 0 Å². The zero-order valence-electron chi connectivity index (χ0n) is 10.1. The van der Waals surface area contributed by atoms with Crippen molar-refractivity contribution in [3.8, 4) is 0 Å². The minimum Gasteiger partial charge on any atom is -0.329 e. The van der Waals surface area contributed by atoms with Crippen molar-refractivity contribution in [2.24, 2.45) is 5.73 Å². The van der Waals surface area contributed by atoms with Crippen LogP contribution in [0.3, 0.4) is 0 Å². The van der Waals surface area contributed by atoms with Gasteiger partial charge in [0.15, 0.2) is 0 Å². The van der Waals surface area contributed by atoms with Crippen molar-refractivity contribution < 1.29 is 0 Å².